The molecule has 4 amide bonds. The first-order valence-corrected chi connectivity index (χ1v) is 12.7. The molecule has 2 aliphatic heterocycles. The number of nitrogens with zero attached hydrogens (tertiary/aromatic N) is 1. The lowest BCUT2D eigenvalue weighted by atomic mass is 9.92. The largest absolute Gasteiger partial charge is 0.491 e. The highest BCUT2D eigenvalue weighted by Gasteiger charge is 2.52. The van der Waals surface area contributed by atoms with Crippen LogP contribution < -0.4 is 20.7 Å². The highest BCUT2D eigenvalue weighted by molar-refractivity contribution is 7.81. The molecule has 3 atom stereocenters. The Morgan fingerprint density at radius 2 is 1.89 bits per heavy atom. The zero-order valence-electron chi connectivity index (χ0n) is 19.7. The van der Waals surface area contributed by atoms with Gasteiger partial charge in [0.05, 0.1) is 30.9 Å². The Labute approximate surface area is 210 Å². The third-order valence-electron chi connectivity index (χ3n) is 6.26. The number of aliphatic hydroxyl groups is 1. The normalized spacial score (nSPS) is 21.3. The van der Waals surface area contributed by atoms with Crippen molar-refractivity contribution in [2.45, 2.75) is 44.2 Å². The molecule has 2 aliphatic rings. The number of amides is 4. The second-order valence-corrected chi connectivity index (χ2v) is 9.00. The Bertz CT molecular complexity index is 914. The standard InChI is InChI=1S/C24H34N4O6S/c29-10-11-34-17-7-5-6-16(12-17)22-18(13-19-24(33)27-14-21(31)28(19)22)23(32)26-9-4-2-1-3-8-25-20(30)15-35/h5-7,12,18-19,22,29,35H,1-4,8-11,13-15H2,(H,25,30)(H,26,32)(H,27,33)/t18-,19-,22-/m0/s1. The number of aliphatic hydroxyl groups excluding tert-OH is 1. The van der Waals surface area contributed by atoms with Crippen molar-refractivity contribution in [2.24, 2.45) is 5.92 Å². The highest BCUT2D eigenvalue weighted by atomic mass is 32.1. The van der Waals surface area contributed by atoms with E-state index in [1.807, 2.05) is 6.07 Å². The van der Waals surface area contributed by atoms with Gasteiger partial charge >= 0.3 is 0 Å². The summed E-state index contributed by atoms with van der Waals surface area (Å²) in [4.78, 5) is 51.2. The minimum absolute atomic E-state index is 0.0827. The van der Waals surface area contributed by atoms with Crippen molar-refractivity contribution >= 4 is 36.3 Å². The van der Waals surface area contributed by atoms with E-state index < -0.39 is 18.0 Å². The molecular weight excluding hydrogens is 472 g/mol. The maximum atomic E-state index is 13.2. The van der Waals surface area contributed by atoms with Gasteiger partial charge in [-0.15, -0.1) is 0 Å². The van der Waals surface area contributed by atoms with Gasteiger partial charge in [0.1, 0.15) is 18.4 Å². The van der Waals surface area contributed by atoms with Crippen LogP contribution in [0, 0.1) is 5.92 Å². The minimum Gasteiger partial charge on any atom is -0.491 e. The first kappa shape index (κ1) is 26.8. The van der Waals surface area contributed by atoms with E-state index >= 15 is 0 Å². The van der Waals surface area contributed by atoms with Crippen LogP contribution >= 0.6 is 12.6 Å². The van der Waals surface area contributed by atoms with E-state index in [0.717, 1.165) is 31.2 Å². The van der Waals surface area contributed by atoms with Crippen LogP contribution in [0.2, 0.25) is 0 Å². The molecule has 35 heavy (non-hydrogen) atoms. The van der Waals surface area contributed by atoms with Gasteiger partial charge in [0.15, 0.2) is 0 Å². The third kappa shape index (κ3) is 7.11. The van der Waals surface area contributed by atoms with Gasteiger partial charge in [-0.1, -0.05) is 25.0 Å². The Balaban J connectivity index is 1.61. The van der Waals surface area contributed by atoms with E-state index in [0.29, 0.717) is 18.8 Å². The summed E-state index contributed by atoms with van der Waals surface area (Å²) < 4.78 is 5.51. The van der Waals surface area contributed by atoms with E-state index in [2.05, 4.69) is 28.6 Å². The number of nitrogens with one attached hydrogen (secondary N) is 3. The van der Waals surface area contributed by atoms with Gasteiger partial charge in [-0.2, -0.15) is 12.6 Å². The molecule has 0 bridgehead atoms. The lowest BCUT2D eigenvalue weighted by Gasteiger charge is -2.34. The molecule has 0 saturated carbocycles. The molecule has 2 saturated heterocycles. The van der Waals surface area contributed by atoms with Gasteiger partial charge < -0.3 is 30.7 Å². The highest BCUT2D eigenvalue weighted by Crippen LogP contribution is 2.43. The number of rotatable bonds is 13. The zero-order chi connectivity index (χ0) is 25.2. The molecule has 1 aromatic carbocycles. The van der Waals surface area contributed by atoms with Gasteiger partial charge in [-0.25, -0.2) is 0 Å². The van der Waals surface area contributed by atoms with E-state index in [4.69, 9.17) is 9.84 Å². The molecular formula is C24H34N4O6S. The molecule has 0 radical (unpaired) electrons. The summed E-state index contributed by atoms with van der Waals surface area (Å²) in [5.41, 5.74) is 0.717. The predicted octanol–water partition coefficient (Wildman–Crippen LogP) is 0.168. The number of piperazine rings is 1. The summed E-state index contributed by atoms with van der Waals surface area (Å²) in [6.45, 7) is 1.03. The van der Waals surface area contributed by atoms with Gasteiger partial charge in [0.25, 0.3) is 0 Å². The van der Waals surface area contributed by atoms with Crippen LogP contribution in [0.15, 0.2) is 24.3 Å². The summed E-state index contributed by atoms with van der Waals surface area (Å²) in [6.07, 6.45) is 3.74. The Morgan fingerprint density at radius 3 is 2.60 bits per heavy atom. The first-order valence-electron chi connectivity index (χ1n) is 12.0. The number of unbranched alkanes of at least 4 members (excludes halogenated alkanes) is 3. The van der Waals surface area contributed by atoms with Crippen LogP contribution in [0.1, 0.15) is 43.7 Å². The maximum Gasteiger partial charge on any atom is 0.243 e. The molecule has 1 aromatic rings. The summed E-state index contributed by atoms with van der Waals surface area (Å²) in [5, 5.41) is 17.4. The molecule has 0 aromatic heterocycles. The van der Waals surface area contributed by atoms with Gasteiger partial charge in [0, 0.05) is 13.1 Å². The molecule has 0 spiro atoms. The number of ether oxygens (including phenoxy) is 1. The van der Waals surface area contributed by atoms with Crippen LogP contribution in [-0.4, -0.2) is 78.3 Å². The van der Waals surface area contributed by atoms with Crippen LogP contribution in [0.4, 0.5) is 0 Å². The minimum atomic E-state index is -0.688. The Hall–Kier alpha value is -2.79. The number of hydrogen-bond donors (Lipinski definition) is 5. The predicted molar refractivity (Wildman–Crippen MR) is 132 cm³/mol. The third-order valence-corrected chi connectivity index (χ3v) is 6.55. The van der Waals surface area contributed by atoms with E-state index in [1.165, 1.54) is 4.90 Å². The summed E-state index contributed by atoms with van der Waals surface area (Å²) >= 11 is 3.92. The molecule has 2 heterocycles. The SMILES string of the molecule is O=C(CS)NCCCCCCNC(=O)[C@H]1C[C@H]2C(=O)NCC(=O)N2[C@H]1c1cccc(OCCO)c1. The lowest BCUT2D eigenvalue weighted by Crippen LogP contribution is -2.56. The molecule has 2 fully saturated rings. The average Bonchev–Trinajstić information content (AvgIpc) is 3.28. The fourth-order valence-electron chi connectivity index (χ4n) is 4.63. The van der Waals surface area contributed by atoms with Crippen molar-refractivity contribution in [3.05, 3.63) is 29.8 Å². The second kappa shape index (κ2) is 13.3. The summed E-state index contributed by atoms with van der Waals surface area (Å²) in [7, 11) is 0. The number of carbonyl (C=O) groups is 4. The van der Waals surface area contributed by atoms with Crippen molar-refractivity contribution in [3.8, 4) is 5.75 Å². The second-order valence-electron chi connectivity index (χ2n) is 8.68. The fourth-order valence-corrected chi connectivity index (χ4v) is 4.74. The molecule has 0 unspecified atom stereocenters. The molecule has 192 valence electrons. The monoisotopic (exact) mass is 506 g/mol. The number of carbonyl (C=O) groups excluding carboxylic acids is 4. The van der Waals surface area contributed by atoms with Crippen LogP contribution in [-0.2, 0) is 19.2 Å². The molecule has 11 heteroatoms. The van der Waals surface area contributed by atoms with Crippen LogP contribution in [0.25, 0.3) is 0 Å². The average molecular weight is 507 g/mol. The number of hydrogen-bond acceptors (Lipinski definition) is 7. The lowest BCUT2D eigenvalue weighted by molar-refractivity contribution is -0.145. The smallest absolute Gasteiger partial charge is 0.243 e. The quantitative estimate of drug-likeness (QED) is 0.191. The summed E-state index contributed by atoms with van der Waals surface area (Å²) in [5.74, 6) is -0.603. The molecule has 0 aliphatic carbocycles. The van der Waals surface area contributed by atoms with Crippen LogP contribution in [0.3, 0.4) is 0 Å². The summed E-state index contributed by atoms with van der Waals surface area (Å²) in [6, 6.07) is 5.84. The first-order chi connectivity index (χ1) is 17.0. The number of thiol groups is 1. The van der Waals surface area contributed by atoms with Crippen molar-refractivity contribution in [3.63, 3.8) is 0 Å². The van der Waals surface area contributed by atoms with Crippen molar-refractivity contribution < 1.29 is 29.0 Å². The van der Waals surface area contributed by atoms with Crippen molar-refractivity contribution in [1.82, 2.24) is 20.9 Å². The Kier molecular flexibility index (Phi) is 10.2. The van der Waals surface area contributed by atoms with Crippen molar-refractivity contribution in [1.29, 1.82) is 0 Å². The van der Waals surface area contributed by atoms with E-state index in [9.17, 15) is 19.2 Å². The number of fused-ring (bicyclic) bond motifs is 1. The topological polar surface area (TPSA) is 137 Å². The molecule has 4 N–H and O–H groups in total. The zero-order valence-corrected chi connectivity index (χ0v) is 20.6. The van der Waals surface area contributed by atoms with Crippen LogP contribution in [0.5, 0.6) is 5.75 Å². The number of benzene rings is 1. The van der Waals surface area contributed by atoms with Crippen molar-refractivity contribution in [2.75, 3.05) is 38.6 Å². The van der Waals surface area contributed by atoms with Gasteiger partial charge in [0.2, 0.25) is 23.6 Å². The Morgan fingerprint density at radius 1 is 1.14 bits per heavy atom. The van der Waals surface area contributed by atoms with E-state index in [-0.39, 0.29) is 55.6 Å². The van der Waals surface area contributed by atoms with Gasteiger partial charge in [-0.3, -0.25) is 19.2 Å². The van der Waals surface area contributed by atoms with Gasteiger partial charge in [-0.05, 0) is 37.0 Å². The molecule has 10 nitrogen and oxygen atoms in total. The van der Waals surface area contributed by atoms with E-state index in [1.54, 1.807) is 18.2 Å². The maximum absolute atomic E-state index is 13.2. The molecule has 3 rings (SSSR count). The fraction of sp³-hybridized carbons (Fsp3) is 0.583.